The van der Waals surface area contributed by atoms with E-state index < -0.39 is 5.25 Å². The van der Waals surface area contributed by atoms with Crippen molar-refractivity contribution in [2.45, 2.75) is 31.9 Å². The molecule has 1 aliphatic rings. The van der Waals surface area contributed by atoms with Crippen molar-refractivity contribution < 1.29 is 14.3 Å². The molecule has 0 unspecified atom stereocenters. The number of ether oxygens (including phenoxy) is 1. The first-order valence-electron chi connectivity index (χ1n) is 8.05. The molecule has 24 heavy (non-hydrogen) atoms. The number of hydrogen-bond acceptors (Lipinski definition) is 5. The maximum absolute atomic E-state index is 12.1. The highest BCUT2D eigenvalue weighted by Crippen LogP contribution is 2.23. The zero-order chi connectivity index (χ0) is 17.4. The fourth-order valence-electron chi connectivity index (χ4n) is 2.19. The number of amidine groups is 1. The summed E-state index contributed by atoms with van der Waals surface area (Å²) in [6.07, 6.45) is 0.939. The summed E-state index contributed by atoms with van der Waals surface area (Å²) in [5.41, 5.74) is 1.77. The van der Waals surface area contributed by atoms with Crippen LogP contribution in [0.1, 0.15) is 25.3 Å². The maximum atomic E-state index is 12.1. The highest BCUT2D eigenvalue weighted by atomic mass is 32.2. The SMILES string of the molecule is CCOCCCN=C1NC(=O)[C@H](CC(=O)Nc2ccccc2C)S1. The average molecular weight is 349 g/mol. The van der Waals surface area contributed by atoms with Gasteiger partial charge in [0.05, 0.1) is 0 Å². The summed E-state index contributed by atoms with van der Waals surface area (Å²) in [5, 5.41) is 5.74. The van der Waals surface area contributed by atoms with Crippen molar-refractivity contribution in [1.29, 1.82) is 0 Å². The number of hydrogen-bond donors (Lipinski definition) is 2. The number of carbonyl (C=O) groups excluding carboxylic acids is 2. The second-order valence-corrected chi connectivity index (χ2v) is 6.59. The number of anilines is 1. The predicted octanol–water partition coefficient (Wildman–Crippen LogP) is 2.34. The van der Waals surface area contributed by atoms with Crippen LogP contribution in [0.5, 0.6) is 0 Å². The summed E-state index contributed by atoms with van der Waals surface area (Å²) in [4.78, 5) is 28.4. The van der Waals surface area contributed by atoms with Crippen molar-refractivity contribution in [2.24, 2.45) is 4.99 Å². The van der Waals surface area contributed by atoms with Gasteiger partial charge in [0.15, 0.2) is 5.17 Å². The molecule has 0 radical (unpaired) electrons. The number of rotatable bonds is 8. The zero-order valence-electron chi connectivity index (χ0n) is 14.0. The summed E-state index contributed by atoms with van der Waals surface area (Å²) in [6, 6.07) is 7.56. The normalized spacial score (nSPS) is 18.7. The highest BCUT2D eigenvalue weighted by molar-refractivity contribution is 8.15. The average Bonchev–Trinajstić information content (AvgIpc) is 2.89. The number of nitrogens with one attached hydrogen (secondary N) is 2. The van der Waals surface area contributed by atoms with E-state index in [2.05, 4.69) is 15.6 Å². The van der Waals surface area contributed by atoms with Gasteiger partial charge in [-0.05, 0) is 31.9 Å². The molecule has 1 heterocycles. The third-order valence-corrected chi connectivity index (χ3v) is 4.59. The van der Waals surface area contributed by atoms with Crippen LogP contribution in [-0.2, 0) is 14.3 Å². The van der Waals surface area contributed by atoms with Gasteiger partial charge in [0.1, 0.15) is 5.25 Å². The molecule has 130 valence electrons. The minimum Gasteiger partial charge on any atom is -0.382 e. The Hall–Kier alpha value is -1.86. The largest absolute Gasteiger partial charge is 0.382 e. The molecular formula is C17H23N3O3S. The number of aryl methyl sites for hydroxylation is 1. The van der Waals surface area contributed by atoms with Crippen LogP contribution in [0.15, 0.2) is 29.3 Å². The number of aliphatic imine (C=N–C) groups is 1. The molecule has 7 heteroatoms. The van der Waals surface area contributed by atoms with Crippen LogP contribution in [-0.4, -0.2) is 42.0 Å². The third kappa shape index (κ3) is 5.65. The minimum atomic E-state index is -0.431. The van der Waals surface area contributed by atoms with Crippen LogP contribution in [0.4, 0.5) is 5.69 Å². The first kappa shape index (κ1) is 18.5. The molecule has 1 saturated heterocycles. The number of benzene rings is 1. The lowest BCUT2D eigenvalue weighted by Gasteiger charge is -2.09. The Morgan fingerprint density at radius 3 is 2.96 bits per heavy atom. The number of thioether (sulfide) groups is 1. The van der Waals surface area contributed by atoms with Crippen molar-refractivity contribution in [1.82, 2.24) is 5.32 Å². The number of carbonyl (C=O) groups is 2. The molecule has 0 aliphatic carbocycles. The highest BCUT2D eigenvalue weighted by Gasteiger charge is 2.31. The summed E-state index contributed by atoms with van der Waals surface area (Å²) in [5.74, 6) is -0.335. The van der Waals surface area contributed by atoms with Crippen LogP contribution in [0, 0.1) is 6.92 Å². The lowest BCUT2D eigenvalue weighted by atomic mass is 10.2. The van der Waals surface area contributed by atoms with E-state index in [1.54, 1.807) is 0 Å². The van der Waals surface area contributed by atoms with Gasteiger partial charge in [0.25, 0.3) is 0 Å². The van der Waals surface area contributed by atoms with E-state index in [0.717, 1.165) is 17.7 Å². The molecule has 0 bridgehead atoms. The maximum Gasteiger partial charge on any atom is 0.240 e. The zero-order valence-corrected chi connectivity index (χ0v) is 14.8. The van der Waals surface area contributed by atoms with Gasteiger partial charge in [0.2, 0.25) is 11.8 Å². The quantitative estimate of drug-likeness (QED) is 0.706. The van der Waals surface area contributed by atoms with E-state index in [1.165, 1.54) is 11.8 Å². The van der Waals surface area contributed by atoms with E-state index in [1.807, 2.05) is 38.1 Å². The van der Waals surface area contributed by atoms with Gasteiger partial charge < -0.3 is 15.4 Å². The van der Waals surface area contributed by atoms with E-state index in [9.17, 15) is 9.59 Å². The van der Waals surface area contributed by atoms with Gasteiger partial charge in [-0.1, -0.05) is 30.0 Å². The number of nitrogens with zero attached hydrogens (tertiary/aromatic N) is 1. The van der Waals surface area contributed by atoms with Crippen LogP contribution in [0.2, 0.25) is 0 Å². The Morgan fingerprint density at radius 1 is 1.42 bits per heavy atom. The third-order valence-electron chi connectivity index (χ3n) is 3.47. The number of para-hydroxylation sites is 1. The molecule has 2 rings (SSSR count). The Bertz CT molecular complexity index is 619. The molecule has 6 nitrogen and oxygen atoms in total. The van der Waals surface area contributed by atoms with Crippen LogP contribution >= 0.6 is 11.8 Å². The van der Waals surface area contributed by atoms with Gasteiger partial charge in [0, 0.05) is 31.9 Å². The molecule has 0 saturated carbocycles. The van der Waals surface area contributed by atoms with Gasteiger partial charge in [-0.2, -0.15) is 0 Å². The Kier molecular flexibility index (Phi) is 7.27. The molecule has 1 atom stereocenters. The Balaban J connectivity index is 1.80. The summed E-state index contributed by atoms with van der Waals surface area (Å²) >= 11 is 1.31. The molecule has 0 aromatic heterocycles. The van der Waals surface area contributed by atoms with Crippen molar-refractivity contribution >= 4 is 34.4 Å². The Morgan fingerprint density at radius 2 is 2.21 bits per heavy atom. The molecule has 2 amide bonds. The standard InChI is InChI=1S/C17H23N3O3S/c1-3-23-10-6-9-18-17-20-16(22)14(24-17)11-15(21)19-13-8-5-4-7-12(13)2/h4-5,7-8,14H,3,6,9-11H2,1-2H3,(H,19,21)(H,18,20,22)/t14-/m0/s1. The summed E-state index contributed by atoms with van der Waals surface area (Å²) in [6.45, 7) is 5.84. The first-order valence-corrected chi connectivity index (χ1v) is 8.93. The fraction of sp³-hybridized carbons (Fsp3) is 0.471. The first-order chi connectivity index (χ1) is 11.6. The van der Waals surface area contributed by atoms with Crippen LogP contribution in [0.3, 0.4) is 0 Å². The van der Waals surface area contributed by atoms with Gasteiger partial charge in [-0.25, -0.2) is 0 Å². The van der Waals surface area contributed by atoms with Gasteiger partial charge in [-0.3, -0.25) is 14.6 Å². The van der Waals surface area contributed by atoms with Crippen molar-refractivity contribution in [2.75, 3.05) is 25.1 Å². The smallest absolute Gasteiger partial charge is 0.240 e. The second-order valence-electron chi connectivity index (χ2n) is 5.40. The summed E-state index contributed by atoms with van der Waals surface area (Å²) in [7, 11) is 0. The van der Waals surface area contributed by atoms with E-state index in [-0.39, 0.29) is 18.2 Å². The molecule has 1 aromatic rings. The monoisotopic (exact) mass is 349 g/mol. The Labute approximate surface area is 146 Å². The molecule has 2 N–H and O–H groups in total. The van der Waals surface area contributed by atoms with E-state index in [4.69, 9.17) is 4.74 Å². The molecule has 1 aliphatic heterocycles. The molecular weight excluding hydrogens is 326 g/mol. The topological polar surface area (TPSA) is 79.8 Å². The summed E-state index contributed by atoms with van der Waals surface area (Å²) < 4.78 is 5.24. The predicted molar refractivity (Wildman–Crippen MR) is 97.4 cm³/mol. The molecule has 1 aromatic carbocycles. The minimum absolute atomic E-state index is 0.128. The molecule has 1 fully saturated rings. The van der Waals surface area contributed by atoms with E-state index >= 15 is 0 Å². The van der Waals surface area contributed by atoms with Crippen molar-refractivity contribution in [3.05, 3.63) is 29.8 Å². The van der Waals surface area contributed by atoms with E-state index in [0.29, 0.717) is 24.9 Å². The lowest BCUT2D eigenvalue weighted by Crippen LogP contribution is -2.28. The molecule has 0 spiro atoms. The second kappa shape index (κ2) is 9.44. The van der Waals surface area contributed by atoms with Crippen molar-refractivity contribution in [3.63, 3.8) is 0 Å². The fourth-order valence-corrected chi connectivity index (χ4v) is 3.18. The van der Waals surface area contributed by atoms with Crippen molar-refractivity contribution in [3.8, 4) is 0 Å². The van der Waals surface area contributed by atoms with Crippen LogP contribution < -0.4 is 10.6 Å². The van der Waals surface area contributed by atoms with Crippen LogP contribution in [0.25, 0.3) is 0 Å². The van der Waals surface area contributed by atoms with Gasteiger partial charge in [-0.15, -0.1) is 0 Å². The van der Waals surface area contributed by atoms with Gasteiger partial charge >= 0.3 is 0 Å². The number of amides is 2. The lowest BCUT2D eigenvalue weighted by molar-refractivity contribution is -0.122.